The third-order valence-electron chi connectivity index (χ3n) is 5.55. The lowest BCUT2D eigenvalue weighted by atomic mass is 10.2. The molecule has 0 saturated heterocycles. The van der Waals surface area contributed by atoms with Crippen molar-refractivity contribution in [2.45, 2.75) is 6.54 Å². The second-order valence-corrected chi connectivity index (χ2v) is 8.22. The first-order valence-corrected chi connectivity index (χ1v) is 10.8. The van der Waals surface area contributed by atoms with E-state index in [2.05, 4.69) is 20.5 Å². The summed E-state index contributed by atoms with van der Waals surface area (Å²) in [4.78, 5) is 42.8. The highest BCUT2D eigenvalue weighted by molar-refractivity contribution is 6.32. The van der Waals surface area contributed by atoms with Crippen LogP contribution in [0.1, 0.15) is 0 Å². The molecule has 0 bridgehead atoms. The van der Waals surface area contributed by atoms with E-state index in [9.17, 15) is 14.4 Å². The number of aromatic nitrogens is 7. The molecule has 0 aliphatic carbocycles. The first-order chi connectivity index (χ1) is 16.8. The Morgan fingerprint density at radius 2 is 1.83 bits per heavy atom. The number of amides is 1. The van der Waals surface area contributed by atoms with Crippen LogP contribution in [0.3, 0.4) is 0 Å². The highest BCUT2D eigenvalue weighted by Gasteiger charge is 2.16. The van der Waals surface area contributed by atoms with Gasteiger partial charge in [0.05, 0.1) is 24.1 Å². The fourth-order valence-electron chi connectivity index (χ4n) is 3.80. The average Bonchev–Trinajstić information content (AvgIpc) is 3.45. The summed E-state index contributed by atoms with van der Waals surface area (Å²) in [5.41, 5.74) is 1.71. The van der Waals surface area contributed by atoms with Gasteiger partial charge in [-0.3, -0.25) is 18.7 Å². The summed E-state index contributed by atoms with van der Waals surface area (Å²) in [5, 5.41) is 12.1. The molecule has 0 fully saturated rings. The monoisotopic (exact) mass is 494 g/mol. The van der Waals surface area contributed by atoms with Crippen LogP contribution in [-0.4, -0.2) is 46.7 Å². The first kappa shape index (κ1) is 22.3. The molecule has 0 saturated carbocycles. The average molecular weight is 495 g/mol. The van der Waals surface area contributed by atoms with E-state index in [4.69, 9.17) is 16.3 Å². The summed E-state index contributed by atoms with van der Waals surface area (Å²) in [6.07, 6.45) is 1.36. The van der Waals surface area contributed by atoms with Crippen molar-refractivity contribution in [3.05, 3.63) is 68.6 Å². The molecule has 3 aromatic heterocycles. The largest absolute Gasteiger partial charge is 0.495 e. The van der Waals surface area contributed by atoms with E-state index in [-0.39, 0.29) is 23.6 Å². The zero-order valence-electron chi connectivity index (χ0n) is 18.9. The highest BCUT2D eigenvalue weighted by Crippen LogP contribution is 2.26. The summed E-state index contributed by atoms with van der Waals surface area (Å²) < 4.78 is 8.88. The van der Waals surface area contributed by atoms with Crippen molar-refractivity contribution in [1.29, 1.82) is 0 Å². The van der Waals surface area contributed by atoms with Crippen molar-refractivity contribution >= 4 is 45.4 Å². The number of anilines is 1. The molecule has 5 rings (SSSR count). The number of hydrogen-bond donors (Lipinski definition) is 1. The molecule has 178 valence electrons. The number of carbonyl (C=O) groups is 1. The van der Waals surface area contributed by atoms with Crippen LogP contribution < -0.4 is 21.3 Å². The lowest BCUT2D eigenvalue weighted by molar-refractivity contribution is -0.116. The van der Waals surface area contributed by atoms with E-state index >= 15 is 0 Å². The minimum Gasteiger partial charge on any atom is -0.495 e. The molecule has 0 radical (unpaired) electrons. The van der Waals surface area contributed by atoms with Crippen LogP contribution in [0.2, 0.25) is 5.02 Å². The quantitative estimate of drug-likeness (QED) is 0.391. The van der Waals surface area contributed by atoms with Crippen molar-refractivity contribution < 1.29 is 9.53 Å². The number of fused-ring (bicyclic) bond motifs is 2. The van der Waals surface area contributed by atoms with Gasteiger partial charge in [-0.25, -0.2) is 9.78 Å². The lowest BCUT2D eigenvalue weighted by Crippen LogP contribution is -2.37. The van der Waals surface area contributed by atoms with E-state index in [1.54, 1.807) is 36.4 Å². The van der Waals surface area contributed by atoms with Crippen LogP contribution in [0.4, 0.5) is 5.69 Å². The summed E-state index contributed by atoms with van der Waals surface area (Å²) in [6.45, 7) is -0.147. The molecule has 0 unspecified atom stereocenters. The molecule has 2 aromatic carbocycles. The maximum atomic E-state index is 12.7. The molecule has 13 heteroatoms. The smallest absolute Gasteiger partial charge is 0.332 e. The van der Waals surface area contributed by atoms with E-state index in [0.29, 0.717) is 33.2 Å². The maximum Gasteiger partial charge on any atom is 0.332 e. The van der Waals surface area contributed by atoms with Gasteiger partial charge in [-0.1, -0.05) is 11.6 Å². The number of rotatable bonds is 5. The number of carbonyl (C=O) groups excluding carboxylic acids is 1. The van der Waals surface area contributed by atoms with Gasteiger partial charge < -0.3 is 14.6 Å². The van der Waals surface area contributed by atoms with Crippen LogP contribution in [0.25, 0.3) is 27.9 Å². The van der Waals surface area contributed by atoms with E-state index in [0.717, 1.165) is 4.57 Å². The van der Waals surface area contributed by atoms with Crippen molar-refractivity contribution in [2.24, 2.45) is 14.1 Å². The SMILES string of the molecule is COc1ccc(-n2nc3ccc(NC(=O)Cn4cnc5c(=O)n(C)c(=O)n(C)c54)cc3n2)cc1Cl. The fraction of sp³-hybridized carbons (Fsp3) is 0.182. The van der Waals surface area contributed by atoms with Gasteiger partial charge in [0.25, 0.3) is 5.56 Å². The maximum absolute atomic E-state index is 12.7. The van der Waals surface area contributed by atoms with Gasteiger partial charge in [-0.2, -0.15) is 4.80 Å². The molecule has 35 heavy (non-hydrogen) atoms. The number of aryl methyl sites for hydroxylation is 1. The van der Waals surface area contributed by atoms with E-state index in [1.165, 1.54) is 41.5 Å². The van der Waals surface area contributed by atoms with Crippen LogP contribution in [0, 0.1) is 0 Å². The second kappa shape index (κ2) is 8.40. The third kappa shape index (κ3) is 3.83. The number of methoxy groups -OCH3 is 1. The topological polar surface area (TPSA) is 131 Å². The van der Waals surface area contributed by atoms with Crippen LogP contribution in [0.5, 0.6) is 5.75 Å². The number of halogens is 1. The summed E-state index contributed by atoms with van der Waals surface area (Å²) in [6, 6.07) is 10.3. The Bertz CT molecular complexity index is 1750. The predicted molar refractivity (Wildman–Crippen MR) is 129 cm³/mol. The van der Waals surface area contributed by atoms with Gasteiger partial charge in [-0.05, 0) is 36.4 Å². The zero-order valence-corrected chi connectivity index (χ0v) is 19.6. The molecule has 0 aliphatic rings. The summed E-state index contributed by atoms with van der Waals surface area (Å²) in [5.74, 6) is 0.175. The van der Waals surface area contributed by atoms with Gasteiger partial charge in [0.2, 0.25) is 5.91 Å². The number of benzene rings is 2. The Morgan fingerprint density at radius 3 is 2.57 bits per heavy atom. The molecular weight excluding hydrogens is 476 g/mol. The molecule has 12 nitrogen and oxygen atoms in total. The number of hydrogen-bond acceptors (Lipinski definition) is 7. The Balaban J connectivity index is 1.39. The number of ether oxygens (including phenoxy) is 1. The van der Waals surface area contributed by atoms with Crippen LogP contribution in [0.15, 0.2) is 52.3 Å². The number of nitrogens with zero attached hydrogens (tertiary/aromatic N) is 7. The van der Waals surface area contributed by atoms with Crippen molar-refractivity contribution in [2.75, 3.05) is 12.4 Å². The molecule has 3 heterocycles. The first-order valence-electron chi connectivity index (χ1n) is 10.4. The van der Waals surface area contributed by atoms with Gasteiger partial charge in [0.1, 0.15) is 29.0 Å². The Labute approximate surface area is 201 Å². The van der Waals surface area contributed by atoms with Crippen molar-refractivity contribution in [3.63, 3.8) is 0 Å². The molecule has 1 amide bonds. The zero-order chi connectivity index (χ0) is 24.9. The molecule has 0 atom stereocenters. The van der Waals surface area contributed by atoms with Gasteiger partial charge >= 0.3 is 5.69 Å². The molecule has 1 N–H and O–H groups in total. The van der Waals surface area contributed by atoms with Crippen molar-refractivity contribution in [3.8, 4) is 11.4 Å². The molecule has 0 spiro atoms. The van der Waals surface area contributed by atoms with Crippen LogP contribution in [-0.2, 0) is 25.4 Å². The Morgan fingerprint density at radius 1 is 1.06 bits per heavy atom. The van der Waals surface area contributed by atoms with Gasteiger partial charge in [0.15, 0.2) is 5.52 Å². The minimum absolute atomic E-state index is 0.110. The van der Waals surface area contributed by atoms with Crippen molar-refractivity contribution in [1.82, 2.24) is 33.7 Å². The number of nitrogens with one attached hydrogen (secondary N) is 1. The van der Waals surface area contributed by atoms with E-state index < -0.39 is 11.2 Å². The predicted octanol–water partition coefficient (Wildman–Crippen LogP) is 1.47. The molecule has 0 aliphatic heterocycles. The number of imidazole rings is 1. The fourth-order valence-corrected chi connectivity index (χ4v) is 4.05. The summed E-state index contributed by atoms with van der Waals surface area (Å²) >= 11 is 6.20. The van der Waals surface area contributed by atoms with Gasteiger partial charge in [0, 0.05) is 19.8 Å². The Hall–Kier alpha value is -4.45. The highest BCUT2D eigenvalue weighted by atomic mass is 35.5. The van der Waals surface area contributed by atoms with E-state index in [1.807, 2.05) is 0 Å². The lowest BCUT2D eigenvalue weighted by Gasteiger charge is -2.09. The molecular formula is C22H19ClN8O4. The molecule has 5 aromatic rings. The van der Waals surface area contributed by atoms with Gasteiger partial charge in [-0.15, -0.1) is 10.2 Å². The Kier molecular flexibility index (Phi) is 5.36. The second-order valence-electron chi connectivity index (χ2n) is 7.81. The van der Waals surface area contributed by atoms with Crippen LogP contribution >= 0.6 is 11.6 Å². The third-order valence-corrected chi connectivity index (χ3v) is 5.85. The summed E-state index contributed by atoms with van der Waals surface area (Å²) in [7, 11) is 4.44. The normalized spacial score (nSPS) is 11.3. The standard InChI is InChI=1S/C22H19ClN8O4/c1-28-20-19(21(33)29(2)22(28)34)24-11-30(20)10-18(32)25-12-4-6-15-16(8-12)27-31(26-15)13-5-7-17(35-3)14(23)9-13/h4-9,11H,10H2,1-3H3,(H,25,32). The minimum atomic E-state index is -0.519.